The third kappa shape index (κ3) is 4.54. The van der Waals surface area contributed by atoms with Crippen LogP contribution in [-0.2, 0) is 24.3 Å². The number of carbonyl (C=O) groups is 2. The van der Waals surface area contributed by atoms with Gasteiger partial charge in [0.15, 0.2) is 0 Å². The number of hydrogen-bond acceptors (Lipinski definition) is 6. The van der Waals surface area contributed by atoms with Gasteiger partial charge in [-0.15, -0.1) is 11.8 Å². The van der Waals surface area contributed by atoms with Gasteiger partial charge in [0.05, 0.1) is 29.5 Å². The molecular weight excluding hydrogens is 450 g/mol. The van der Waals surface area contributed by atoms with E-state index in [1.807, 2.05) is 37.3 Å². The van der Waals surface area contributed by atoms with Crippen molar-refractivity contribution in [1.82, 2.24) is 4.31 Å². The van der Waals surface area contributed by atoms with Crippen LogP contribution in [0.4, 0.5) is 11.4 Å². The number of hydrogen-bond donors (Lipinski definition) is 0. The molecule has 0 unspecified atom stereocenters. The number of para-hydroxylation sites is 1. The molecule has 0 N–H and O–H groups in total. The van der Waals surface area contributed by atoms with Crippen LogP contribution in [0.3, 0.4) is 0 Å². The second-order valence-electron chi connectivity index (χ2n) is 7.39. The first-order chi connectivity index (χ1) is 15.4. The molecule has 2 aliphatic heterocycles. The summed E-state index contributed by atoms with van der Waals surface area (Å²) in [6.45, 7) is 3.46. The first kappa shape index (κ1) is 22.8. The number of anilines is 2. The van der Waals surface area contributed by atoms with Crippen LogP contribution in [0.25, 0.3) is 0 Å². The van der Waals surface area contributed by atoms with Crippen molar-refractivity contribution in [2.45, 2.75) is 16.7 Å². The summed E-state index contributed by atoms with van der Waals surface area (Å²) < 4.78 is 32.9. The highest BCUT2D eigenvalue weighted by atomic mass is 32.2. The molecule has 4 rings (SSSR count). The highest BCUT2D eigenvalue weighted by Crippen LogP contribution is 2.37. The molecule has 0 saturated carbocycles. The first-order valence-corrected chi connectivity index (χ1v) is 12.8. The van der Waals surface area contributed by atoms with E-state index in [0.717, 1.165) is 10.6 Å². The first-order valence-electron chi connectivity index (χ1n) is 10.4. The number of rotatable bonds is 6. The molecule has 0 radical (unpaired) electrons. The van der Waals surface area contributed by atoms with Crippen LogP contribution in [-0.4, -0.2) is 69.7 Å². The molecule has 170 valence electrons. The third-order valence-electron chi connectivity index (χ3n) is 5.46. The Bertz CT molecular complexity index is 1100. The SMILES string of the molecule is CCN(C(=O)CN1C(=O)CSc2ccc(S(=O)(=O)N3CCOCC3)cc21)c1ccccc1. The number of amides is 2. The molecule has 1 saturated heterocycles. The predicted octanol–water partition coefficient (Wildman–Crippen LogP) is 2.20. The quantitative estimate of drug-likeness (QED) is 0.637. The normalized spacial score (nSPS) is 17.2. The zero-order valence-corrected chi connectivity index (χ0v) is 19.4. The average Bonchev–Trinajstić information content (AvgIpc) is 2.82. The fourth-order valence-electron chi connectivity index (χ4n) is 3.78. The van der Waals surface area contributed by atoms with Crippen molar-refractivity contribution in [2.75, 3.05) is 54.9 Å². The van der Waals surface area contributed by atoms with Crippen molar-refractivity contribution in [3.05, 3.63) is 48.5 Å². The van der Waals surface area contributed by atoms with Crippen LogP contribution in [0.15, 0.2) is 58.3 Å². The summed E-state index contributed by atoms with van der Waals surface area (Å²) in [6, 6.07) is 14.1. The third-order valence-corrected chi connectivity index (χ3v) is 8.40. The van der Waals surface area contributed by atoms with Crippen molar-refractivity contribution in [2.24, 2.45) is 0 Å². The summed E-state index contributed by atoms with van der Waals surface area (Å²) in [5, 5.41) is 0. The Morgan fingerprint density at radius 2 is 1.84 bits per heavy atom. The number of sulfonamides is 1. The molecule has 0 atom stereocenters. The maximum absolute atomic E-state index is 13.1. The Labute approximate surface area is 192 Å². The van der Waals surface area contributed by atoms with Gasteiger partial charge in [0.25, 0.3) is 0 Å². The zero-order chi connectivity index (χ0) is 22.7. The summed E-state index contributed by atoms with van der Waals surface area (Å²) >= 11 is 1.35. The monoisotopic (exact) mass is 475 g/mol. The van der Waals surface area contributed by atoms with Gasteiger partial charge >= 0.3 is 0 Å². The molecule has 2 aromatic rings. The average molecular weight is 476 g/mol. The van der Waals surface area contributed by atoms with Crippen LogP contribution >= 0.6 is 11.8 Å². The Hall–Kier alpha value is -2.40. The van der Waals surface area contributed by atoms with Crippen LogP contribution in [0.2, 0.25) is 0 Å². The summed E-state index contributed by atoms with van der Waals surface area (Å²) in [5.41, 5.74) is 1.21. The molecule has 0 spiro atoms. The van der Waals surface area contributed by atoms with Gasteiger partial charge in [-0.05, 0) is 37.3 Å². The van der Waals surface area contributed by atoms with E-state index in [9.17, 15) is 18.0 Å². The van der Waals surface area contributed by atoms with Crippen molar-refractivity contribution in [3.8, 4) is 0 Å². The van der Waals surface area contributed by atoms with E-state index in [0.29, 0.717) is 25.4 Å². The van der Waals surface area contributed by atoms with Crippen molar-refractivity contribution < 1.29 is 22.7 Å². The standard InChI is InChI=1S/C22H25N3O5S2/c1-2-24(17-6-4-3-5-7-17)21(26)15-25-19-14-18(8-9-20(19)31-16-22(25)27)32(28,29)23-10-12-30-13-11-23/h3-9,14H,2,10-13,15-16H2,1H3. The molecule has 0 bridgehead atoms. The lowest BCUT2D eigenvalue weighted by molar-refractivity contribution is -0.121. The minimum atomic E-state index is -3.72. The lowest BCUT2D eigenvalue weighted by atomic mass is 10.2. The van der Waals surface area contributed by atoms with E-state index in [1.165, 1.54) is 27.0 Å². The highest BCUT2D eigenvalue weighted by molar-refractivity contribution is 8.00. The number of nitrogens with zero attached hydrogens (tertiary/aromatic N) is 3. The minimum Gasteiger partial charge on any atom is -0.379 e. The molecule has 2 amide bonds. The van der Waals surface area contributed by atoms with Gasteiger partial charge in [-0.1, -0.05) is 18.2 Å². The largest absolute Gasteiger partial charge is 0.379 e. The van der Waals surface area contributed by atoms with Crippen molar-refractivity contribution in [3.63, 3.8) is 0 Å². The van der Waals surface area contributed by atoms with Crippen molar-refractivity contribution in [1.29, 1.82) is 0 Å². The van der Waals surface area contributed by atoms with Gasteiger partial charge in [-0.3, -0.25) is 9.59 Å². The zero-order valence-electron chi connectivity index (χ0n) is 17.8. The number of thioether (sulfide) groups is 1. The predicted molar refractivity (Wildman–Crippen MR) is 124 cm³/mol. The van der Waals surface area contributed by atoms with Gasteiger partial charge in [-0.2, -0.15) is 4.31 Å². The number of benzene rings is 2. The maximum Gasteiger partial charge on any atom is 0.247 e. The van der Waals surface area contributed by atoms with E-state index in [-0.39, 0.29) is 42.1 Å². The number of carbonyl (C=O) groups excluding carboxylic acids is 2. The highest BCUT2D eigenvalue weighted by Gasteiger charge is 2.32. The van der Waals surface area contributed by atoms with E-state index in [4.69, 9.17) is 4.74 Å². The summed E-state index contributed by atoms with van der Waals surface area (Å²) in [5.74, 6) is -0.250. The second-order valence-corrected chi connectivity index (χ2v) is 10.3. The van der Waals surface area contributed by atoms with Crippen LogP contribution in [0.1, 0.15) is 6.92 Å². The maximum atomic E-state index is 13.1. The fourth-order valence-corrected chi connectivity index (χ4v) is 6.13. The van der Waals surface area contributed by atoms with E-state index in [2.05, 4.69) is 0 Å². The van der Waals surface area contributed by atoms with Gasteiger partial charge in [0.2, 0.25) is 21.8 Å². The lowest BCUT2D eigenvalue weighted by Gasteiger charge is -2.32. The fraction of sp³-hybridized carbons (Fsp3) is 0.364. The molecule has 10 heteroatoms. The van der Waals surface area contributed by atoms with E-state index < -0.39 is 10.0 Å². The van der Waals surface area contributed by atoms with Gasteiger partial charge in [0.1, 0.15) is 6.54 Å². The van der Waals surface area contributed by atoms with Crippen molar-refractivity contribution >= 4 is 45.0 Å². The number of ether oxygens (including phenoxy) is 1. The molecule has 8 nitrogen and oxygen atoms in total. The Morgan fingerprint density at radius 1 is 1.12 bits per heavy atom. The van der Waals surface area contributed by atoms with E-state index >= 15 is 0 Å². The Balaban J connectivity index is 1.63. The van der Waals surface area contributed by atoms with Crippen LogP contribution in [0, 0.1) is 0 Å². The van der Waals surface area contributed by atoms with Gasteiger partial charge in [0, 0.05) is 30.2 Å². The Kier molecular flexibility index (Phi) is 6.85. The van der Waals surface area contributed by atoms with E-state index in [1.54, 1.807) is 17.0 Å². The molecule has 1 fully saturated rings. The number of morpholine rings is 1. The topological polar surface area (TPSA) is 87.2 Å². The minimum absolute atomic E-state index is 0.112. The summed E-state index contributed by atoms with van der Waals surface area (Å²) in [4.78, 5) is 29.8. The molecule has 0 aromatic heterocycles. The number of likely N-dealkylation sites (N-methyl/N-ethyl adjacent to an activating group) is 1. The molecule has 32 heavy (non-hydrogen) atoms. The molecular formula is C22H25N3O5S2. The van der Waals surface area contributed by atoms with Gasteiger partial charge in [-0.25, -0.2) is 8.42 Å². The molecule has 2 aromatic carbocycles. The van der Waals surface area contributed by atoms with Crippen LogP contribution in [0.5, 0.6) is 0 Å². The lowest BCUT2D eigenvalue weighted by Crippen LogP contribution is -2.45. The smallest absolute Gasteiger partial charge is 0.247 e. The number of fused-ring (bicyclic) bond motifs is 1. The molecule has 2 heterocycles. The summed E-state index contributed by atoms with van der Waals surface area (Å²) in [7, 11) is -3.72. The Morgan fingerprint density at radius 3 is 2.53 bits per heavy atom. The molecule has 2 aliphatic rings. The van der Waals surface area contributed by atoms with Crippen LogP contribution < -0.4 is 9.80 Å². The molecule has 0 aliphatic carbocycles. The summed E-state index contributed by atoms with van der Waals surface area (Å²) in [6.07, 6.45) is 0. The van der Waals surface area contributed by atoms with Gasteiger partial charge < -0.3 is 14.5 Å². The second kappa shape index (κ2) is 9.62.